The number of rotatable bonds is 2. The van der Waals surface area contributed by atoms with Crippen molar-refractivity contribution in [3.63, 3.8) is 0 Å². The first-order valence-corrected chi connectivity index (χ1v) is 25.6. The summed E-state index contributed by atoms with van der Waals surface area (Å²) in [6, 6.07) is 30.4. The van der Waals surface area contributed by atoms with E-state index in [1.165, 1.54) is 152 Å². The molecule has 4 aliphatic carbocycles. The number of hydrogen-bond acceptors (Lipinski definition) is 3. The van der Waals surface area contributed by atoms with Gasteiger partial charge in [0.25, 0.3) is 6.71 Å². The molecule has 1 aromatic heterocycles. The molecule has 334 valence electrons. The fraction of sp³-hybridized carbons (Fsp3) is 0.475. The van der Waals surface area contributed by atoms with E-state index in [0.29, 0.717) is 23.7 Å². The second kappa shape index (κ2) is 13.7. The van der Waals surface area contributed by atoms with Gasteiger partial charge in [-0.25, -0.2) is 0 Å². The van der Waals surface area contributed by atoms with Gasteiger partial charge >= 0.3 is 0 Å². The lowest BCUT2D eigenvalue weighted by molar-refractivity contribution is 0.332. The highest BCUT2D eigenvalue weighted by Gasteiger charge is 2.49. The Balaban J connectivity index is 1.19. The number of hydrogen-bond donors (Lipinski definition) is 0. The molecule has 0 saturated heterocycles. The Morgan fingerprint density at radius 3 is 1.48 bits per heavy atom. The average Bonchev–Trinajstić information content (AvgIpc) is 3.63. The first-order valence-electron chi connectivity index (χ1n) is 25.6. The first kappa shape index (κ1) is 41.7. The highest BCUT2D eigenvalue weighted by molar-refractivity contribution is 7.00. The normalized spacial score (nSPS) is 24.9. The fourth-order valence-electron chi connectivity index (χ4n) is 14.1. The zero-order chi connectivity index (χ0) is 45.4. The van der Waals surface area contributed by atoms with Crippen LogP contribution in [0.5, 0.6) is 0 Å². The Labute approximate surface area is 390 Å². The third kappa shape index (κ3) is 5.92. The van der Waals surface area contributed by atoms with Gasteiger partial charge in [-0.3, -0.25) is 0 Å². The summed E-state index contributed by atoms with van der Waals surface area (Å²) in [5, 5.41) is 1.26. The standard InChI is InChI=1S/C61H71BN2O/c1-34-26-52-55-53(27-34)64(40-19-21-47-49(29-40)61(12,13)25-23-59(47,8)9)56-45-30-41-35(2)14-17-38(5)44(41)33-54(45)65-57(56)62(55)50-31-42-36(3)15-16-37(4)43(42)32-51(50)63(52)39-18-20-46-48(28-39)60(10,11)24-22-58(46,6)7/h18-21,26-33,35-38H,14-17,22-25H2,1-13H3. The lowest BCUT2D eigenvalue weighted by Crippen LogP contribution is -2.61. The van der Waals surface area contributed by atoms with E-state index in [2.05, 4.69) is 173 Å². The molecule has 4 unspecified atom stereocenters. The van der Waals surface area contributed by atoms with Crippen LogP contribution in [0.15, 0.2) is 77.2 Å². The zero-order valence-electron chi connectivity index (χ0n) is 41.8. The number of anilines is 6. The molecule has 3 heterocycles. The predicted octanol–water partition coefficient (Wildman–Crippen LogP) is 15.5. The minimum atomic E-state index is -0.0480. The molecule has 0 N–H and O–H groups in total. The summed E-state index contributed by atoms with van der Waals surface area (Å²) in [6.07, 6.45) is 9.71. The fourth-order valence-corrected chi connectivity index (χ4v) is 14.1. The van der Waals surface area contributed by atoms with Crippen molar-refractivity contribution in [1.29, 1.82) is 0 Å². The molecule has 0 fully saturated rings. The van der Waals surface area contributed by atoms with Crippen molar-refractivity contribution in [2.75, 3.05) is 9.80 Å². The summed E-state index contributed by atoms with van der Waals surface area (Å²) in [5.41, 5.74) is 26.3. The van der Waals surface area contributed by atoms with E-state index in [9.17, 15) is 0 Å². The third-order valence-corrected chi connectivity index (χ3v) is 18.6. The van der Waals surface area contributed by atoms with E-state index in [-0.39, 0.29) is 28.4 Å². The molecule has 65 heavy (non-hydrogen) atoms. The molecule has 2 aliphatic heterocycles. The van der Waals surface area contributed by atoms with Gasteiger partial charge in [0, 0.05) is 33.8 Å². The van der Waals surface area contributed by atoms with Crippen molar-refractivity contribution in [2.24, 2.45) is 0 Å². The van der Waals surface area contributed by atoms with Gasteiger partial charge in [0.1, 0.15) is 5.58 Å². The number of aryl methyl sites for hydroxylation is 1. The van der Waals surface area contributed by atoms with Gasteiger partial charge < -0.3 is 14.2 Å². The predicted molar refractivity (Wildman–Crippen MR) is 278 cm³/mol. The molecule has 3 nitrogen and oxygen atoms in total. The molecule has 6 aromatic rings. The molecule has 4 atom stereocenters. The van der Waals surface area contributed by atoms with Crippen LogP contribution in [0, 0.1) is 6.92 Å². The maximum Gasteiger partial charge on any atom is 0.297 e. The number of furan rings is 1. The van der Waals surface area contributed by atoms with Crippen molar-refractivity contribution in [3.05, 3.63) is 123 Å². The molecule has 6 aliphatic rings. The van der Waals surface area contributed by atoms with Crippen LogP contribution < -0.4 is 26.4 Å². The molecular formula is C61H71BN2O. The van der Waals surface area contributed by atoms with E-state index in [1.807, 2.05) is 0 Å². The van der Waals surface area contributed by atoms with Gasteiger partial charge in [0.2, 0.25) is 0 Å². The van der Waals surface area contributed by atoms with Crippen LogP contribution in [-0.2, 0) is 21.7 Å². The minimum Gasteiger partial charge on any atom is -0.468 e. The summed E-state index contributed by atoms with van der Waals surface area (Å²) in [5.74, 6) is 2.07. The van der Waals surface area contributed by atoms with Gasteiger partial charge in [-0.2, -0.15) is 0 Å². The summed E-state index contributed by atoms with van der Waals surface area (Å²) in [4.78, 5) is 5.35. The smallest absolute Gasteiger partial charge is 0.297 e. The van der Waals surface area contributed by atoms with Crippen LogP contribution in [0.2, 0.25) is 0 Å². The minimum absolute atomic E-state index is 0.0480. The summed E-state index contributed by atoms with van der Waals surface area (Å²) in [6.45, 7) is 31.8. The van der Waals surface area contributed by atoms with Crippen molar-refractivity contribution in [3.8, 4) is 0 Å². The quantitative estimate of drug-likeness (QED) is 0.162. The molecule has 0 spiro atoms. The van der Waals surface area contributed by atoms with Gasteiger partial charge in [-0.15, -0.1) is 0 Å². The van der Waals surface area contributed by atoms with Gasteiger partial charge in [0.05, 0.1) is 11.3 Å². The SMILES string of the molecule is Cc1cc2c3c(c1)N(c1ccc4c(c1)C(C)(C)CCC4(C)C)c1c(oc4cc5c(cc14)C(C)CCC5C)B3c1cc3c(cc1N2c1ccc2c(c1)C(C)(C)CCC2(C)C)C(C)CCC3C. The number of benzene rings is 5. The maximum atomic E-state index is 7.61. The Morgan fingerprint density at radius 2 is 0.938 bits per heavy atom. The summed E-state index contributed by atoms with van der Waals surface area (Å²) >= 11 is 0. The Bertz CT molecular complexity index is 3010. The zero-order valence-corrected chi connectivity index (χ0v) is 41.8. The largest absolute Gasteiger partial charge is 0.468 e. The van der Waals surface area contributed by atoms with Gasteiger partial charge in [0.15, 0.2) is 0 Å². The molecule has 0 bridgehead atoms. The highest BCUT2D eigenvalue weighted by Crippen LogP contribution is 2.54. The van der Waals surface area contributed by atoms with E-state index < -0.39 is 0 Å². The molecule has 0 amide bonds. The Kier molecular flexibility index (Phi) is 8.79. The summed E-state index contributed by atoms with van der Waals surface area (Å²) in [7, 11) is 0. The van der Waals surface area contributed by atoms with Crippen LogP contribution in [0.4, 0.5) is 34.1 Å². The van der Waals surface area contributed by atoms with Crippen LogP contribution in [0.25, 0.3) is 11.0 Å². The lowest BCUT2D eigenvalue weighted by Gasteiger charge is -2.46. The van der Waals surface area contributed by atoms with Crippen molar-refractivity contribution in [2.45, 2.75) is 187 Å². The van der Waals surface area contributed by atoms with E-state index >= 15 is 0 Å². The lowest BCUT2D eigenvalue weighted by atomic mass is 9.35. The number of fused-ring (bicyclic) bond motifs is 10. The van der Waals surface area contributed by atoms with Crippen LogP contribution >= 0.6 is 0 Å². The van der Waals surface area contributed by atoms with Crippen molar-refractivity contribution in [1.82, 2.24) is 0 Å². The van der Waals surface area contributed by atoms with E-state index in [1.54, 1.807) is 0 Å². The van der Waals surface area contributed by atoms with Crippen LogP contribution in [-0.4, -0.2) is 6.71 Å². The molecule has 4 heteroatoms. The van der Waals surface area contributed by atoms with E-state index in [0.717, 1.165) is 11.2 Å². The molecule has 5 aromatic carbocycles. The third-order valence-electron chi connectivity index (χ3n) is 18.6. The van der Waals surface area contributed by atoms with Crippen molar-refractivity contribution >= 4 is 68.4 Å². The van der Waals surface area contributed by atoms with Crippen LogP contribution in [0.1, 0.15) is 208 Å². The highest BCUT2D eigenvalue weighted by atomic mass is 16.3. The van der Waals surface area contributed by atoms with Crippen LogP contribution in [0.3, 0.4) is 0 Å². The van der Waals surface area contributed by atoms with Gasteiger partial charge in [-0.05, 0) is 219 Å². The second-order valence-corrected chi connectivity index (χ2v) is 24.9. The number of nitrogens with zero attached hydrogens (tertiary/aromatic N) is 2. The second-order valence-electron chi connectivity index (χ2n) is 24.9. The van der Waals surface area contributed by atoms with Gasteiger partial charge in [-0.1, -0.05) is 101 Å². The maximum absolute atomic E-state index is 7.61. The van der Waals surface area contributed by atoms with E-state index in [4.69, 9.17) is 4.42 Å². The average molecular weight is 859 g/mol. The molecule has 12 rings (SSSR count). The molecule has 0 saturated carbocycles. The van der Waals surface area contributed by atoms with Crippen molar-refractivity contribution < 1.29 is 4.42 Å². The Hall–Kier alpha value is -4.70. The Morgan fingerprint density at radius 1 is 0.492 bits per heavy atom. The monoisotopic (exact) mass is 859 g/mol. The first-order chi connectivity index (χ1) is 30.7. The molecular weight excluding hydrogens is 787 g/mol. The summed E-state index contributed by atoms with van der Waals surface area (Å²) < 4.78 is 7.61. The topological polar surface area (TPSA) is 19.6 Å². The molecule has 0 radical (unpaired) electrons.